The lowest BCUT2D eigenvalue weighted by Crippen LogP contribution is -2.61. The first-order valence-corrected chi connectivity index (χ1v) is 31.7. The summed E-state index contributed by atoms with van der Waals surface area (Å²) < 4.78 is 0. The zero-order chi connectivity index (χ0) is 71.0. The zero-order valence-corrected chi connectivity index (χ0v) is 54.8. The first kappa shape index (κ1) is 78.1. The molecule has 1 aromatic carbocycles. The highest BCUT2D eigenvalue weighted by Crippen LogP contribution is 2.22. The first-order valence-electron chi connectivity index (χ1n) is 31.7. The molecule has 12 atom stereocenters. The SMILES string of the molecule is CC[C@H](C)[C@H](NC(=O)[C@H](CC(C)C)NC(=O)[C@H](Cc1c[nH]c2ccccc12)NC(=O)[C@H](CCC(N)=O)NC(=O)[C@@H](N)C(C)C)C(=O)N[C@@H](C)C(=O)NCC(=O)NCC(=O)N1CCC[C@H]1C(=O)N[C@@H](CO)C(=O)N[C@@H](CO)C(=O)NCC(=O)N[C@@H](C)C(=O)N1CCC[C@H]1C(=O)O. The van der Waals surface area contributed by atoms with Crippen molar-refractivity contribution in [3.8, 4) is 0 Å². The van der Waals surface area contributed by atoms with Gasteiger partial charge in [-0.1, -0.05) is 66.2 Å². The predicted molar refractivity (Wildman–Crippen MR) is 339 cm³/mol. The van der Waals surface area contributed by atoms with Crippen molar-refractivity contribution >= 4 is 99.6 Å². The van der Waals surface area contributed by atoms with E-state index >= 15 is 0 Å². The van der Waals surface area contributed by atoms with Crippen LogP contribution in [0.5, 0.6) is 0 Å². The third kappa shape index (κ3) is 23.6. The van der Waals surface area contributed by atoms with Crippen molar-refractivity contribution in [3.63, 3.8) is 0 Å². The van der Waals surface area contributed by atoms with Crippen LogP contribution in [-0.2, 0) is 78.3 Å². The van der Waals surface area contributed by atoms with E-state index in [0.717, 1.165) is 20.7 Å². The highest BCUT2D eigenvalue weighted by Gasteiger charge is 2.40. The smallest absolute Gasteiger partial charge is 0.326 e. The van der Waals surface area contributed by atoms with Crippen LogP contribution in [0.3, 0.4) is 0 Å². The van der Waals surface area contributed by atoms with Crippen LogP contribution in [0.1, 0.15) is 112 Å². The number of carbonyl (C=O) groups excluding carboxylic acids is 14. The van der Waals surface area contributed by atoms with Gasteiger partial charge in [0.05, 0.1) is 38.9 Å². The van der Waals surface area contributed by atoms with Gasteiger partial charge in [-0.3, -0.25) is 67.1 Å². The monoisotopic (exact) mass is 1340 g/mol. The number of para-hydroxylation sites is 1. The molecule has 95 heavy (non-hydrogen) atoms. The number of aliphatic carboxylic acids is 1. The summed E-state index contributed by atoms with van der Waals surface area (Å²) in [6.45, 7) is 9.25. The first-order chi connectivity index (χ1) is 44.8. The number of carboxylic acids is 1. The number of H-pyrrole nitrogens is 1. The van der Waals surface area contributed by atoms with E-state index in [1.165, 1.54) is 13.8 Å². The summed E-state index contributed by atoms with van der Waals surface area (Å²) in [4.78, 5) is 203. The Labute approximate surface area is 549 Å². The molecule has 0 spiro atoms. The number of aromatic nitrogens is 1. The van der Waals surface area contributed by atoms with Crippen LogP contribution in [-0.4, -0.2) is 231 Å². The van der Waals surface area contributed by atoms with Gasteiger partial charge in [0, 0.05) is 43.0 Å². The number of nitrogens with one attached hydrogen (secondary N) is 12. The van der Waals surface area contributed by atoms with E-state index in [1.54, 1.807) is 59.9 Å². The quantitative estimate of drug-likeness (QED) is 0.0300. The molecular formula is C61H94N16O18. The number of primary amides is 1. The van der Waals surface area contributed by atoms with Crippen LogP contribution in [0.25, 0.3) is 10.9 Å². The number of nitrogens with zero attached hydrogens (tertiary/aromatic N) is 2. The van der Waals surface area contributed by atoms with E-state index in [1.807, 2.05) is 12.1 Å². The Bertz CT molecular complexity index is 3100. The number of likely N-dealkylation sites (tertiary alicyclic amines) is 2. The van der Waals surface area contributed by atoms with Crippen molar-refractivity contribution in [2.75, 3.05) is 45.9 Å². The lowest BCUT2D eigenvalue weighted by atomic mass is 9.96. The van der Waals surface area contributed by atoms with Crippen molar-refractivity contribution in [3.05, 3.63) is 36.0 Å². The Morgan fingerprint density at radius 2 is 1.15 bits per heavy atom. The maximum absolute atomic E-state index is 14.5. The highest BCUT2D eigenvalue weighted by molar-refractivity contribution is 6.00. The molecule has 0 saturated carbocycles. The average molecular weight is 1340 g/mol. The Kier molecular flexibility index (Phi) is 30.9. The Balaban J connectivity index is 1.32. The predicted octanol–water partition coefficient (Wildman–Crippen LogP) is -5.63. The second-order valence-corrected chi connectivity index (χ2v) is 24.5. The molecular weight excluding hydrogens is 1240 g/mol. The van der Waals surface area contributed by atoms with Crippen molar-refractivity contribution in [1.82, 2.24) is 73.3 Å². The van der Waals surface area contributed by atoms with E-state index in [4.69, 9.17) is 11.5 Å². The molecule has 0 unspecified atom stereocenters. The van der Waals surface area contributed by atoms with E-state index in [-0.39, 0.29) is 63.5 Å². The van der Waals surface area contributed by atoms with Crippen LogP contribution in [0, 0.1) is 17.8 Å². The van der Waals surface area contributed by atoms with Gasteiger partial charge in [-0.2, -0.15) is 0 Å². The number of aliphatic hydroxyl groups excluding tert-OH is 2. The molecule has 0 radical (unpaired) electrons. The number of nitrogens with two attached hydrogens (primary N) is 2. The van der Waals surface area contributed by atoms with Gasteiger partial charge in [-0.15, -0.1) is 0 Å². The van der Waals surface area contributed by atoms with Crippen LogP contribution in [0.15, 0.2) is 30.5 Å². The minimum absolute atomic E-state index is 0.0450. The molecule has 14 amide bonds. The Morgan fingerprint density at radius 1 is 0.589 bits per heavy atom. The van der Waals surface area contributed by atoms with Gasteiger partial charge < -0.3 is 100 Å². The Morgan fingerprint density at radius 3 is 1.77 bits per heavy atom. The van der Waals surface area contributed by atoms with Gasteiger partial charge in [0.1, 0.15) is 60.4 Å². The Hall–Kier alpha value is -9.31. The normalized spacial score (nSPS) is 17.6. The maximum atomic E-state index is 14.5. The number of hydrogen-bond donors (Lipinski definition) is 17. The zero-order valence-electron chi connectivity index (χ0n) is 54.8. The van der Waals surface area contributed by atoms with Gasteiger partial charge in [-0.05, 0) is 81.8 Å². The van der Waals surface area contributed by atoms with Gasteiger partial charge in [0.25, 0.3) is 0 Å². The minimum Gasteiger partial charge on any atom is -0.480 e. The molecule has 34 nitrogen and oxygen atoms in total. The molecule has 2 aliphatic rings. The highest BCUT2D eigenvalue weighted by atomic mass is 16.4. The van der Waals surface area contributed by atoms with E-state index in [2.05, 4.69) is 63.5 Å². The number of aliphatic hydroxyl groups is 2. The lowest BCUT2D eigenvalue weighted by molar-refractivity contribution is -0.149. The van der Waals surface area contributed by atoms with Gasteiger partial charge in [-0.25, -0.2) is 4.79 Å². The molecule has 2 saturated heterocycles. The van der Waals surface area contributed by atoms with Crippen molar-refractivity contribution in [2.24, 2.45) is 29.2 Å². The second-order valence-electron chi connectivity index (χ2n) is 24.5. The minimum atomic E-state index is -1.71. The summed E-state index contributed by atoms with van der Waals surface area (Å²) in [5.41, 5.74) is 12.8. The maximum Gasteiger partial charge on any atom is 0.326 e. The van der Waals surface area contributed by atoms with Crippen LogP contribution >= 0.6 is 0 Å². The average Bonchev–Trinajstić information content (AvgIpc) is 1.71. The number of rotatable bonds is 37. The molecule has 4 rings (SSSR count). The molecule has 2 aliphatic heterocycles. The topological polar surface area (TPSA) is 523 Å². The fourth-order valence-corrected chi connectivity index (χ4v) is 10.5. The number of fused-ring (bicyclic) bond motifs is 1. The summed E-state index contributed by atoms with van der Waals surface area (Å²) in [7, 11) is 0. The number of carbonyl (C=O) groups is 15. The van der Waals surface area contributed by atoms with E-state index in [9.17, 15) is 87.2 Å². The van der Waals surface area contributed by atoms with Crippen molar-refractivity contribution < 1.29 is 87.2 Å². The molecule has 19 N–H and O–H groups in total. The summed E-state index contributed by atoms with van der Waals surface area (Å²) in [6, 6.07) is -7.19. The van der Waals surface area contributed by atoms with Gasteiger partial charge in [0.2, 0.25) is 82.7 Å². The van der Waals surface area contributed by atoms with Gasteiger partial charge >= 0.3 is 5.97 Å². The number of carboxylic acid groups (broad SMARTS) is 1. The van der Waals surface area contributed by atoms with E-state index < -0.39 is 194 Å². The summed E-state index contributed by atoms with van der Waals surface area (Å²) in [5.74, 6) is -13.9. The number of amides is 14. The lowest BCUT2D eigenvalue weighted by Gasteiger charge is -2.29. The van der Waals surface area contributed by atoms with Gasteiger partial charge in [0.15, 0.2) is 0 Å². The summed E-state index contributed by atoms with van der Waals surface area (Å²) >= 11 is 0. The molecule has 2 fully saturated rings. The largest absolute Gasteiger partial charge is 0.480 e. The van der Waals surface area contributed by atoms with Crippen molar-refractivity contribution in [2.45, 2.75) is 180 Å². The number of benzene rings is 1. The molecule has 3 heterocycles. The number of aromatic amines is 1. The third-order valence-corrected chi connectivity index (χ3v) is 16.3. The molecule has 1 aromatic heterocycles. The number of hydrogen-bond acceptors (Lipinski definition) is 18. The molecule has 2 aromatic rings. The summed E-state index contributed by atoms with van der Waals surface area (Å²) in [6.07, 6.45) is 2.55. The standard InChI is InChI=1S/C61H94N16O18/c1-9-32(6)50(75-55(88)39(22-30(2)3)71-54(87)40(23-35-24-64-37-15-11-10-14-36(35)37)72-53(86)38(18-19-45(62)80)70-58(91)49(63)31(4)5)59(92)69-33(7)51(84)66-25-46(81)65-27-48(83)76-20-12-16-43(76)57(90)74-42(29-79)56(89)73-41(28-78)52(85)67-26-47(82)68-34(8)60(93)77-21-13-17-44(77)61(94)95/h10-11,14-15,24,30-34,38-44,49-50,64,78-79H,9,12-13,16-23,25-29,63H2,1-8H3,(H2,62,80)(H,65,81)(H,66,84)(H,67,85)(H,68,82)(H,69,92)(H,70,91)(H,71,87)(H,72,86)(H,73,89)(H,74,90)(H,75,88)(H,94,95)/t32-,33-,34-,38-,39-,40-,41-,42-,43-,44-,49-,50-/m0/s1. The molecule has 0 aliphatic carbocycles. The molecule has 0 bridgehead atoms. The van der Waals surface area contributed by atoms with E-state index in [0.29, 0.717) is 24.8 Å². The summed E-state index contributed by atoms with van der Waals surface area (Å²) in [5, 5.41) is 57.0. The fraction of sp³-hybridized carbons (Fsp3) is 0.623. The van der Waals surface area contributed by atoms with Crippen LogP contribution in [0.2, 0.25) is 0 Å². The van der Waals surface area contributed by atoms with Crippen molar-refractivity contribution in [1.29, 1.82) is 0 Å². The molecule has 526 valence electrons. The van der Waals surface area contributed by atoms with Crippen LogP contribution < -0.4 is 70.0 Å². The third-order valence-electron chi connectivity index (χ3n) is 16.3. The second kappa shape index (κ2) is 37.5. The molecule has 34 heteroatoms. The fourth-order valence-electron chi connectivity index (χ4n) is 10.5. The van der Waals surface area contributed by atoms with Crippen LogP contribution in [0.4, 0.5) is 0 Å².